The molecule has 0 amide bonds. The van der Waals surface area contributed by atoms with Gasteiger partial charge in [0.1, 0.15) is 20.2 Å². The standard InChI is InChI=1S/2C19H32O3S.Zn/c2*1-2-3-4-5-6-7-8-9-10-11-12-13-18-14-16-19(17-15-18)23(20,21)22;/h2*14-17H,2-13H2,1H3,(H,20,21,22);/q;;+2/p-2. The molecule has 0 atom stereocenters. The molecule has 0 unspecified atom stereocenters. The summed E-state index contributed by atoms with van der Waals surface area (Å²) in [6.07, 6.45) is 31.0. The Bertz CT molecular complexity index is 1120. The molecule has 0 saturated carbocycles. The molecule has 0 spiro atoms. The molecule has 47 heavy (non-hydrogen) atoms. The molecule has 0 heterocycles. The van der Waals surface area contributed by atoms with Crippen molar-refractivity contribution < 1.29 is 45.4 Å². The molecule has 6 nitrogen and oxygen atoms in total. The van der Waals surface area contributed by atoms with Crippen molar-refractivity contribution in [2.24, 2.45) is 0 Å². The van der Waals surface area contributed by atoms with E-state index in [1.807, 2.05) is 0 Å². The average Bonchev–Trinajstić information content (AvgIpc) is 3.02. The Kier molecular flexibility index (Phi) is 28.0. The number of hydrogen-bond donors (Lipinski definition) is 0. The molecule has 2 aromatic rings. The molecule has 0 aromatic heterocycles. The van der Waals surface area contributed by atoms with Gasteiger partial charge in [-0.25, -0.2) is 16.8 Å². The van der Waals surface area contributed by atoms with Gasteiger partial charge in [-0.1, -0.05) is 167 Å². The van der Waals surface area contributed by atoms with Gasteiger partial charge in [0.05, 0.1) is 9.79 Å². The fourth-order valence-corrected chi connectivity index (χ4v) is 6.57. The third-order valence-corrected chi connectivity index (χ3v) is 10.3. The molecule has 0 bridgehead atoms. The van der Waals surface area contributed by atoms with Gasteiger partial charge in [-0.05, 0) is 61.1 Å². The van der Waals surface area contributed by atoms with Crippen LogP contribution in [0.25, 0.3) is 0 Å². The fourth-order valence-electron chi connectivity index (χ4n) is 5.63. The van der Waals surface area contributed by atoms with Gasteiger partial charge in [0, 0.05) is 0 Å². The van der Waals surface area contributed by atoms with Crippen molar-refractivity contribution in [2.45, 2.75) is 178 Å². The molecule has 264 valence electrons. The van der Waals surface area contributed by atoms with E-state index in [1.54, 1.807) is 24.3 Å². The summed E-state index contributed by atoms with van der Waals surface area (Å²) in [5, 5.41) is 0. The minimum atomic E-state index is -4.32. The summed E-state index contributed by atoms with van der Waals surface area (Å²) in [7, 11) is -8.63. The van der Waals surface area contributed by atoms with Gasteiger partial charge in [0.15, 0.2) is 0 Å². The van der Waals surface area contributed by atoms with Gasteiger partial charge >= 0.3 is 19.5 Å². The number of unbranched alkanes of at least 4 members (excludes halogenated alkanes) is 20. The van der Waals surface area contributed by atoms with Crippen LogP contribution in [0.3, 0.4) is 0 Å². The van der Waals surface area contributed by atoms with Crippen LogP contribution in [0, 0.1) is 0 Å². The average molecular weight is 744 g/mol. The molecule has 0 N–H and O–H groups in total. The predicted molar refractivity (Wildman–Crippen MR) is 189 cm³/mol. The first-order valence-electron chi connectivity index (χ1n) is 18.2. The number of rotatable bonds is 26. The van der Waals surface area contributed by atoms with Crippen molar-refractivity contribution in [3.05, 3.63) is 59.7 Å². The maximum absolute atomic E-state index is 10.8. The van der Waals surface area contributed by atoms with Gasteiger partial charge in [-0.3, -0.25) is 0 Å². The van der Waals surface area contributed by atoms with Crippen molar-refractivity contribution in [2.75, 3.05) is 0 Å². The molecule has 0 aliphatic carbocycles. The number of benzene rings is 2. The first-order chi connectivity index (χ1) is 22.1. The van der Waals surface area contributed by atoms with E-state index in [9.17, 15) is 25.9 Å². The Morgan fingerprint density at radius 3 is 0.809 bits per heavy atom. The van der Waals surface area contributed by atoms with Crippen LogP contribution in [0.1, 0.15) is 166 Å². The Hall–Kier alpha value is -1.12. The summed E-state index contributed by atoms with van der Waals surface area (Å²) in [4.78, 5) is -0.277. The Morgan fingerprint density at radius 1 is 0.383 bits per heavy atom. The van der Waals surface area contributed by atoms with Crippen LogP contribution >= 0.6 is 0 Å². The van der Waals surface area contributed by atoms with Crippen LogP contribution < -0.4 is 0 Å². The van der Waals surface area contributed by atoms with Gasteiger partial charge < -0.3 is 9.11 Å². The third-order valence-electron chi connectivity index (χ3n) is 8.56. The first-order valence-corrected chi connectivity index (χ1v) is 21.0. The van der Waals surface area contributed by atoms with Crippen LogP contribution in [0.2, 0.25) is 0 Å². The molecule has 9 heteroatoms. The zero-order chi connectivity index (χ0) is 33.9. The molecule has 2 aromatic carbocycles. The van der Waals surface area contributed by atoms with E-state index in [0.29, 0.717) is 0 Å². The largest absolute Gasteiger partial charge is 2.00 e. The molecular weight excluding hydrogens is 682 g/mol. The van der Waals surface area contributed by atoms with Gasteiger partial charge in [0.2, 0.25) is 0 Å². The zero-order valence-electron chi connectivity index (χ0n) is 29.6. The molecular formula is C38H62O6S2Zn. The maximum Gasteiger partial charge on any atom is 2.00 e. The topological polar surface area (TPSA) is 114 Å². The van der Waals surface area contributed by atoms with Crippen molar-refractivity contribution in [1.29, 1.82) is 0 Å². The normalized spacial score (nSPS) is 11.5. The van der Waals surface area contributed by atoms with E-state index in [1.165, 1.54) is 153 Å². The monoisotopic (exact) mass is 742 g/mol. The van der Waals surface area contributed by atoms with E-state index in [4.69, 9.17) is 0 Å². The van der Waals surface area contributed by atoms with E-state index in [2.05, 4.69) is 13.8 Å². The van der Waals surface area contributed by atoms with Crippen LogP contribution in [0.4, 0.5) is 0 Å². The Morgan fingerprint density at radius 2 is 0.596 bits per heavy atom. The summed E-state index contributed by atoms with van der Waals surface area (Å²) in [5.41, 5.74) is 2.21. The minimum Gasteiger partial charge on any atom is -0.744 e. The SMILES string of the molecule is CCCCCCCCCCCCCc1ccc(S(=O)(=O)[O-])cc1.CCCCCCCCCCCCCc1ccc(S(=O)(=O)[O-])cc1.[Zn+2]. The summed E-state index contributed by atoms with van der Waals surface area (Å²) >= 11 is 0. The summed E-state index contributed by atoms with van der Waals surface area (Å²) < 4.78 is 65.1. The smallest absolute Gasteiger partial charge is 0.744 e. The molecule has 2 rings (SSSR count). The van der Waals surface area contributed by atoms with Gasteiger partial charge in [-0.2, -0.15) is 0 Å². The Balaban J connectivity index is 0.000000882. The minimum absolute atomic E-state index is 0. The van der Waals surface area contributed by atoms with Crippen LogP contribution in [-0.2, 0) is 52.6 Å². The van der Waals surface area contributed by atoms with Crippen molar-refractivity contribution in [3.63, 3.8) is 0 Å². The van der Waals surface area contributed by atoms with E-state index in [-0.39, 0.29) is 29.3 Å². The molecule has 0 aliphatic heterocycles. The quantitative estimate of drug-likeness (QED) is 0.0538. The number of aryl methyl sites for hydroxylation is 2. The second kappa shape index (κ2) is 28.7. The summed E-state index contributed by atoms with van der Waals surface area (Å²) in [5.74, 6) is 0. The van der Waals surface area contributed by atoms with E-state index < -0.39 is 20.2 Å². The van der Waals surface area contributed by atoms with Crippen molar-refractivity contribution >= 4 is 20.2 Å². The van der Waals surface area contributed by atoms with E-state index in [0.717, 1.165) is 36.8 Å². The fraction of sp³-hybridized carbons (Fsp3) is 0.684. The summed E-state index contributed by atoms with van der Waals surface area (Å²) in [6, 6.07) is 12.7. The van der Waals surface area contributed by atoms with Crippen molar-refractivity contribution in [3.8, 4) is 0 Å². The van der Waals surface area contributed by atoms with E-state index >= 15 is 0 Å². The third kappa shape index (κ3) is 25.5. The second-order valence-corrected chi connectivity index (χ2v) is 15.5. The number of hydrogen-bond acceptors (Lipinski definition) is 6. The second-order valence-electron chi connectivity index (χ2n) is 12.8. The van der Waals surface area contributed by atoms with Crippen LogP contribution in [-0.4, -0.2) is 25.9 Å². The predicted octanol–water partition coefficient (Wildman–Crippen LogP) is 10.9. The van der Waals surface area contributed by atoms with Crippen molar-refractivity contribution in [1.82, 2.24) is 0 Å². The molecule has 0 radical (unpaired) electrons. The molecule has 0 saturated heterocycles. The molecule has 0 aliphatic rings. The van der Waals surface area contributed by atoms with Crippen LogP contribution in [0.5, 0.6) is 0 Å². The zero-order valence-corrected chi connectivity index (χ0v) is 34.2. The summed E-state index contributed by atoms with van der Waals surface area (Å²) in [6.45, 7) is 4.50. The van der Waals surface area contributed by atoms with Gasteiger partial charge in [0.25, 0.3) is 0 Å². The van der Waals surface area contributed by atoms with Crippen LogP contribution in [0.15, 0.2) is 58.3 Å². The molecule has 0 fully saturated rings. The maximum atomic E-state index is 10.8. The van der Waals surface area contributed by atoms with Gasteiger partial charge in [-0.15, -0.1) is 0 Å². The first kappa shape index (κ1) is 45.9. The Labute approximate surface area is 301 Å².